The Morgan fingerprint density at radius 3 is 2.65 bits per heavy atom. The molecule has 9 heteroatoms. The van der Waals surface area contributed by atoms with Gasteiger partial charge in [0.2, 0.25) is 0 Å². The number of fused-ring (bicyclic) bond motifs is 1. The molecule has 4 rings (SSSR count). The van der Waals surface area contributed by atoms with Crippen molar-refractivity contribution in [2.75, 3.05) is 19.1 Å². The molecular formula is C22H20FN5O3. The molecule has 2 heterocycles. The number of likely N-dealkylation sites (N-methyl/N-ethyl adjacent to an activating group) is 1. The molecule has 1 N–H and O–H groups in total. The van der Waals surface area contributed by atoms with E-state index < -0.39 is 11.9 Å². The highest BCUT2D eigenvalue weighted by Crippen LogP contribution is 2.21. The third-order valence-electron chi connectivity index (χ3n) is 5.11. The second-order valence-electron chi connectivity index (χ2n) is 7.08. The van der Waals surface area contributed by atoms with Crippen LogP contribution in [0.2, 0.25) is 0 Å². The minimum absolute atomic E-state index is 0.162. The lowest BCUT2D eigenvalue weighted by molar-refractivity contribution is -0.127. The third-order valence-corrected chi connectivity index (χ3v) is 5.11. The van der Waals surface area contributed by atoms with E-state index in [0.29, 0.717) is 33.5 Å². The van der Waals surface area contributed by atoms with E-state index in [4.69, 9.17) is 4.74 Å². The minimum Gasteiger partial charge on any atom is -0.372 e. The molecule has 0 fully saturated rings. The van der Waals surface area contributed by atoms with Crippen LogP contribution in [0.1, 0.15) is 6.92 Å². The van der Waals surface area contributed by atoms with Gasteiger partial charge in [0.15, 0.2) is 0 Å². The van der Waals surface area contributed by atoms with Gasteiger partial charge in [0, 0.05) is 30.7 Å². The number of methoxy groups -OCH3 is 1. The lowest BCUT2D eigenvalue weighted by Gasteiger charge is -2.20. The highest BCUT2D eigenvalue weighted by molar-refractivity contribution is 5.95. The first-order valence-electron chi connectivity index (χ1n) is 9.53. The topological polar surface area (TPSA) is 93.1 Å². The number of halogens is 1. The molecule has 0 aliphatic rings. The number of rotatable bonds is 5. The van der Waals surface area contributed by atoms with Crippen LogP contribution in [-0.2, 0) is 9.53 Å². The molecular weight excluding hydrogens is 401 g/mol. The molecule has 8 nitrogen and oxygen atoms in total. The molecule has 1 amide bonds. The van der Waals surface area contributed by atoms with Crippen LogP contribution >= 0.6 is 0 Å². The molecule has 2 aromatic heterocycles. The number of nitrogens with zero attached hydrogens (tertiary/aromatic N) is 4. The highest BCUT2D eigenvalue weighted by atomic mass is 19.1. The first-order valence-corrected chi connectivity index (χ1v) is 9.53. The Hall–Kier alpha value is -3.85. The molecule has 4 aromatic rings. The molecule has 2 aromatic carbocycles. The first kappa shape index (κ1) is 20.4. The summed E-state index contributed by atoms with van der Waals surface area (Å²) >= 11 is 0. The van der Waals surface area contributed by atoms with Crippen LogP contribution in [0.4, 0.5) is 10.1 Å². The van der Waals surface area contributed by atoms with Gasteiger partial charge in [0.1, 0.15) is 17.6 Å². The van der Waals surface area contributed by atoms with E-state index in [-0.39, 0.29) is 11.5 Å². The van der Waals surface area contributed by atoms with Crippen LogP contribution in [0.5, 0.6) is 0 Å². The van der Waals surface area contributed by atoms with Crippen LogP contribution in [0.15, 0.2) is 59.5 Å². The fraction of sp³-hybridized carbons (Fsp3) is 0.182. The zero-order chi connectivity index (χ0) is 22.1. The average Bonchev–Trinajstić information content (AvgIpc) is 3.27. The van der Waals surface area contributed by atoms with Gasteiger partial charge < -0.3 is 14.6 Å². The third kappa shape index (κ3) is 3.95. The predicted molar refractivity (Wildman–Crippen MR) is 115 cm³/mol. The highest BCUT2D eigenvalue weighted by Gasteiger charge is 2.18. The van der Waals surface area contributed by atoms with Crippen molar-refractivity contribution >= 4 is 22.5 Å². The second kappa shape index (κ2) is 8.11. The summed E-state index contributed by atoms with van der Waals surface area (Å²) < 4.78 is 20.1. The number of anilines is 1. The number of ether oxygens (including phenoxy) is 1. The number of aromatic amines is 1. The van der Waals surface area contributed by atoms with Crippen molar-refractivity contribution in [1.82, 2.24) is 20.0 Å². The van der Waals surface area contributed by atoms with E-state index in [9.17, 15) is 14.0 Å². The van der Waals surface area contributed by atoms with Gasteiger partial charge in [-0.05, 0) is 55.5 Å². The summed E-state index contributed by atoms with van der Waals surface area (Å²) in [6.07, 6.45) is 1.07. The quantitative estimate of drug-likeness (QED) is 0.535. The summed E-state index contributed by atoms with van der Waals surface area (Å²) in [5.74, 6) is -0.553. The molecule has 0 spiro atoms. The molecule has 0 saturated heterocycles. The summed E-state index contributed by atoms with van der Waals surface area (Å²) in [6.45, 7) is 1.69. The van der Waals surface area contributed by atoms with Gasteiger partial charge >= 0.3 is 0 Å². The number of hydrogen-bond donors (Lipinski definition) is 1. The largest absolute Gasteiger partial charge is 0.372 e. The van der Waals surface area contributed by atoms with Gasteiger partial charge in [0.05, 0.1) is 17.4 Å². The number of carbonyl (C=O) groups is 1. The van der Waals surface area contributed by atoms with E-state index in [1.54, 1.807) is 50.5 Å². The van der Waals surface area contributed by atoms with E-state index in [1.165, 1.54) is 34.9 Å². The Bertz CT molecular complexity index is 1310. The van der Waals surface area contributed by atoms with E-state index in [1.807, 2.05) is 0 Å². The van der Waals surface area contributed by atoms with Crippen molar-refractivity contribution in [3.8, 4) is 16.9 Å². The Balaban J connectivity index is 1.62. The number of pyridine rings is 1. The number of nitrogens with one attached hydrogen (secondary N) is 1. The molecule has 31 heavy (non-hydrogen) atoms. The molecule has 0 aliphatic carbocycles. The van der Waals surface area contributed by atoms with Crippen molar-refractivity contribution in [3.63, 3.8) is 0 Å². The Morgan fingerprint density at radius 2 is 1.94 bits per heavy atom. The number of H-pyrrole nitrogens is 1. The van der Waals surface area contributed by atoms with Gasteiger partial charge in [-0.2, -0.15) is 0 Å². The summed E-state index contributed by atoms with van der Waals surface area (Å²) in [5.41, 5.74) is 2.25. The van der Waals surface area contributed by atoms with Crippen molar-refractivity contribution in [2.24, 2.45) is 0 Å². The number of amides is 1. The molecule has 0 saturated carbocycles. The van der Waals surface area contributed by atoms with E-state index in [0.717, 1.165) is 0 Å². The monoisotopic (exact) mass is 421 g/mol. The van der Waals surface area contributed by atoms with Gasteiger partial charge in [-0.25, -0.2) is 9.07 Å². The summed E-state index contributed by atoms with van der Waals surface area (Å²) in [7, 11) is 3.16. The van der Waals surface area contributed by atoms with Crippen LogP contribution in [0.3, 0.4) is 0 Å². The molecule has 0 radical (unpaired) electrons. The predicted octanol–water partition coefficient (Wildman–Crippen LogP) is 2.91. The maximum atomic E-state index is 13.5. The molecule has 0 unspecified atom stereocenters. The summed E-state index contributed by atoms with van der Waals surface area (Å²) in [6, 6.07) is 12.9. The maximum absolute atomic E-state index is 13.5. The molecule has 0 bridgehead atoms. The van der Waals surface area contributed by atoms with Crippen LogP contribution < -0.4 is 10.5 Å². The molecule has 1 atom stereocenters. The van der Waals surface area contributed by atoms with Crippen molar-refractivity contribution < 1.29 is 13.9 Å². The Labute approximate surface area is 176 Å². The number of aromatic nitrogens is 4. The minimum atomic E-state index is -0.545. The van der Waals surface area contributed by atoms with Crippen molar-refractivity contribution in [1.29, 1.82) is 0 Å². The van der Waals surface area contributed by atoms with Gasteiger partial charge in [-0.1, -0.05) is 5.21 Å². The van der Waals surface area contributed by atoms with Crippen LogP contribution in [0.25, 0.3) is 27.8 Å². The first-order chi connectivity index (χ1) is 14.9. The van der Waals surface area contributed by atoms with Crippen LogP contribution in [0, 0.1) is 5.82 Å². The fourth-order valence-corrected chi connectivity index (χ4v) is 3.21. The normalized spacial score (nSPS) is 12.1. The zero-order valence-electron chi connectivity index (χ0n) is 17.2. The SMILES string of the molecule is CO[C@H](C)C(=O)N(C)c1ccc(-n2cc(-c3cc4cc(F)ccc4[nH]c3=O)nn2)cc1. The smallest absolute Gasteiger partial charge is 0.258 e. The van der Waals surface area contributed by atoms with Gasteiger partial charge in [-0.15, -0.1) is 5.10 Å². The second-order valence-corrected chi connectivity index (χ2v) is 7.08. The lowest BCUT2D eigenvalue weighted by Crippen LogP contribution is -2.35. The van der Waals surface area contributed by atoms with Crippen LogP contribution in [-0.4, -0.2) is 46.1 Å². The molecule has 0 aliphatic heterocycles. The Kier molecular flexibility index (Phi) is 5.35. The lowest BCUT2D eigenvalue weighted by atomic mass is 10.1. The fourth-order valence-electron chi connectivity index (χ4n) is 3.21. The number of hydrogen-bond acceptors (Lipinski definition) is 5. The standard InChI is InChI=1S/C22H20FN5O3/c1-13(31-3)22(30)27(2)16-5-7-17(8-6-16)28-12-20(25-26-28)18-11-14-10-15(23)4-9-19(14)24-21(18)29/h4-13H,1-3H3,(H,24,29)/t13-/m1/s1. The van der Waals surface area contributed by atoms with E-state index >= 15 is 0 Å². The zero-order valence-corrected chi connectivity index (χ0v) is 17.2. The number of benzene rings is 2. The Morgan fingerprint density at radius 1 is 1.19 bits per heavy atom. The van der Waals surface area contributed by atoms with Crippen molar-refractivity contribution in [2.45, 2.75) is 13.0 Å². The average molecular weight is 421 g/mol. The summed E-state index contributed by atoms with van der Waals surface area (Å²) in [4.78, 5) is 28.9. The molecule has 158 valence electrons. The summed E-state index contributed by atoms with van der Waals surface area (Å²) in [5, 5.41) is 8.74. The van der Waals surface area contributed by atoms with Crippen molar-refractivity contribution in [3.05, 3.63) is 70.9 Å². The van der Waals surface area contributed by atoms with Gasteiger partial charge in [-0.3, -0.25) is 9.59 Å². The number of carbonyl (C=O) groups excluding carboxylic acids is 1. The van der Waals surface area contributed by atoms with E-state index in [2.05, 4.69) is 15.3 Å². The maximum Gasteiger partial charge on any atom is 0.258 e. The van der Waals surface area contributed by atoms with Gasteiger partial charge in [0.25, 0.3) is 11.5 Å².